The van der Waals surface area contributed by atoms with Crippen molar-refractivity contribution in [3.05, 3.63) is 18.2 Å². The van der Waals surface area contributed by atoms with Gasteiger partial charge in [-0.15, -0.1) is 0 Å². The summed E-state index contributed by atoms with van der Waals surface area (Å²) >= 11 is 0. The van der Waals surface area contributed by atoms with E-state index in [-0.39, 0.29) is 11.8 Å². The van der Waals surface area contributed by atoms with Gasteiger partial charge in [-0.2, -0.15) is 0 Å². The molecule has 0 aliphatic carbocycles. The molecule has 14 heavy (non-hydrogen) atoms. The minimum atomic E-state index is -0.245. The molecule has 1 heterocycles. The molecule has 1 aromatic rings. The summed E-state index contributed by atoms with van der Waals surface area (Å²) in [4.78, 5) is 18.1. The van der Waals surface area contributed by atoms with Gasteiger partial charge in [0.1, 0.15) is 5.82 Å². The van der Waals surface area contributed by atoms with Crippen LogP contribution in [0.25, 0.3) is 0 Å². The summed E-state index contributed by atoms with van der Waals surface area (Å²) in [5.41, 5.74) is 0. The quantitative estimate of drug-likeness (QED) is 0.689. The topological polar surface area (TPSA) is 57.8 Å². The fraction of sp³-hybridized carbons (Fsp3) is 0.400. The van der Waals surface area contributed by atoms with Crippen molar-refractivity contribution in [1.82, 2.24) is 15.3 Å². The molecule has 0 saturated carbocycles. The first kappa shape index (κ1) is 10.3. The molecule has 0 aromatic carbocycles. The number of rotatable bonds is 3. The van der Waals surface area contributed by atoms with Crippen molar-refractivity contribution in [3.63, 3.8) is 0 Å². The average Bonchev–Trinajstić information content (AvgIpc) is 2.67. The Bertz CT molecular complexity index is 345. The third-order valence-electron chi connectivity index (χ3n) is 1.79. The van der Waals surface area contributed by atoms with Crippen molar-refractivity contribution in [2.45, 2.75) is 19.8 Å². The van der Waals surface area contributed by atoms with Gasteiger partial charge in [0, 0.05) is 24.9 Å². The van der Waals surface area contributed by atoms with Gasteiger partial charge in [-0.1, -0.05) is 12.8 Å². The van der Waals surface area contributed by atoms with Gasteiger partial charge < -0.3 is 10.3 Å². The van der Waals surface area contributed by atoms with Gasteiger partial charge in [0.15, 0.2) is 0 Å². The normalized spacial score (nSPS) is 11.3. The number of imidazole rings is 1. The van der Waals surface area contributed by atoms with Crippen LogP contribution in [0.2, 0.25) is 0 Å². The molecule has 2 N–H and O–H groups in total. The molecular formula is C10H13N3O. The molecule has 4 heteroatoms. The molecule has 1 unspecified atom stereocenters. The maximum atomic E-state index is 11.0. The number of aromatic nitrogens is 2. The van der Waals surface area contributed by atoms with Crippen LogP contribution in [-0.4, -0.2) is 22.4 Å². The molecular weight excluding hydrogens is 178 g/mol. The van der Waals surface area contributed by atoms with E-state index in [4.69, 9.17) is 0 Å². The van der Waals surface area contributed by atoms with Crippen molar-refractivity contribution in [1.29, 1.82) is 0 Å². The minimum absolute atomic E-state index is 0.174. The van der Waals surface area contributed by atoms with Crippen molar-refractivity contribution in [2.24, 2.45) is 0 Å². The highest BCUT2D eigenvalue weighted by molar-refractivity contribution is 5.93. The number of nitrogens with one attached hydrogen (secondary N) is 2. The van der Waals surface area contributed by atoms with E-state index in [1.807, 2.05) is 6.92 Å². The van der Waals surface area contributed by atoms with Crippen LogP contribution >= 0.6 is 0 Å². The van der Waals surface area contributed by atoms with Crippen LogP contribution in [0.1, 0.15) is 25.6 Å². The number of carbonyl (C=O) groups is 1. The number of amides is 1. The van der Waals surface area contributed by atoms with E-state index in [2.05, 4.69) is 27.1 Å². The second-order valence-electron chi connectivity index (χ2n) is 2.96. The van der Waals surface area contributed by atoms with E-state index >= 15 is 0 Å². The third kappa shape index (κ3) is 2.94. The zero-order chi connectivity index (χ0) is 10.4. The number of H-pyrrole nitrogens is 1. The van der Waals surface area contributed by atoms with E-state index < -0.39 is 0 Å². The van der Waals surface area contributed by atoms with Gasteiger partial charge in [0.25, 0.3) is 5.91 Å². The maximum Gasteiger partial charge on any atom is 0.295 e. The highest BCUT2D eigenvalue weighted by Crippen LogP contribution is 2.06. The summed E-state index contributed by atoms with van der Waals surface area (Å²) < 4.78 is 0. The largest absolute Gasteiger partial charge is 0.348 e. The van der Waals surface area contributed by atoms with Crippen molar-refractivity contribution < 1.29 is 4.79 Å². The Balaban J connectivity index is 2.38. The fourth-order valence-electron chi connectivity index (χ4n) is 1.05. The lowest BCUT2D eigenvalue weighted by molar-refractivity contribution is -0.115. The molecule has 74 valence electrons. The number of hydrogen-bond acceptors (Lipinski definition) is 2. The zero-order valence-corrected chi connectivity index (χ0v) is 8.29. The number of nitrogens with zero attached hydrogens (tertiary/aromatic N) is 1. The van der Waals surface area contributed by atoms with Gasteiger partial charge in [-0.3, -0.25) is 4.79 Å². The monoisotopic (exact) mass is 191 g/mol. The molecule has 0 aliphatic rings. The molecule has 0 radical (unpaired) electrons. The summed E-state index contributed by atoms with van der Waals surface area (Å²) in [5, 5.41) is 2.70. The lowest BCUT2D eigenvalue weighted by Gasteiger charge is -2.07. The third-order valence-corrected chi connectivity index (χ3v) is 1.79. The van der Waals surface area contributed by atoms with Gasteiger partial charge in [-0.25, -0.2) is 4.98 Å². The molecule has 0 fully saturated rings. The van der Waals surface area contributed by atoms with Crippen LogP contribution in [0, 0.1) is 11.8 Å². The fourth-order valence-corrected chi connectivity index (χ4v) is 1.05. The van der Waals surface area contributed by atoms with Gasteiger partial charge in [0.05, 0.1) is 0 Å². The van der Waals surface area contributed by atoms with Crippen molar-refractivity contribution >= 4 is 5.91 Å². The summed E-state index contributed by atoms with van der Waals surface area (Å²) in [7, 11) is 0. The predicted octanol–water partition coefficient (Wildman–Crippen LogP) is 0.653. The highest BCUT2D eigenvalue weighted by Gasteiger charge is 2.07. The van der Waals surface area contributed by atoms with Crippen LogP contribution in [0.3, 0.4) is 0 Å². The Morgan fingerprint density at radius 1 is 1.79 bits per heavy atom. The summed E-state index contributed by atoms with van der Waals surface area (Å²) in [6, 6.07) is 0. The molecule has 4 nitrogen and oxygen atoms in total. The lowest BCUT2D eigenvalue weighted by atomic mass is 10.2. The van der Waals surface area contributed by atoms with Crippen LogP contribution in [-0.2, 0) is 4.79 Å². The molecule has 0 spiro atoms. The Hall–Kier alpha value is -1.76. The molecule has 1 rings (SSSR count). The number of aromatic amines is 1. The second-order valence-corrected chi connectivity index (χ2v) is 2.96. The molecule has 0 bridgehead atoms. The lowest BCUT2D eigenvalue weighted by Crippen LogP contribution is -2.26. The van der Waals surface area contributed by atoms with E-state index in [0.717, 1.165) is 5.82 Å². The van der Waals surface area contributed by atoms with E-state index in [0.29, 0.717) is 6.54 Å². The van der Waals surface area contributed by atoms with Crippen LogP contribution in [0.4, 0.5) is 0 Å². The molecule has 1 aromatic heterocycles. The first-order valence-corrected chi connectivity index (χ1v) is 4.44. The van der Waals surface area contributed by atoms with Gasteiger partial charge in [-0.05, 0) is 12.8 Å². The predicted molar refractivity (Wildman–Crippen MR) is 53.5 cm³/mol. The smallest absolute Gasteiger partial charge is 0.295 e. The summed E-state index contributed by atoms with van der Waals surface area (Å²) in [6.45, 7) is 4.16. The highest BCUT2D eigenvalue weighted by atomic mass is 16.1. The standard InChI is InChI=1S/C10H13N3O/c1-3-4-9(14)13-7-8(2)10-11-5-6-12-10/h5-6,8H,7H2,1-2H3,(H,11,12)(H,13,14). The Morgan fingerprint density at radius 3 is 3.14 bits per heavy atom. The summed E-state index contributed by atoms with van der Waals surface area (Å²) in [6.07, 6.45) is 3.46. The Labute approximate surface area is 83.1 Å². The number of hydrogen-bond donors (Lipinski definition) is 2. The zero-order valence-electron chi connectivity index (χ0n) is 8.29. The SMILES string of the molecule is CC#CC(=O)NCC(C)c1ncc[nH]1. The van der Waals surface area contributed by atoms with Crippen LogP contribution in [0.15, 0.2) is 12.4 Å². The van der Waals surface area contributed by atoms with E-state index in [9.17, 15) is 4.79 Å². The van der Waals surface area contributed by atoms with E-state index in [1.54, 1.807) is 19.3 Å². The average molecular weight is 191 g/mol. The van der Waals surface area contributed by atoms with Crippen LogP contribution < -0.4 is 5.32 Å². The summed E-state index contributed by atoms with van der Waals surface area (Å²) in [5.74, 6) is 5.76. The minimum Gasteiger partial charge on any atom is -0.348 e. The maximum absolute atomic E-state index is 11.0. The molecule has 0 aliphatic heterocycles. The molecule has 0 saturated heterocycles. The molecule has 1 atom stereocenters. The Morgan fingerprint density at radius 2 is 2.57 bits per heavy atom. The second kappa shape index (κ2) is 5.07. The van der Waals surface area contributed by atoms with E-state index in [1.165, 1.54) is 0 Å². The Kier molecular flexibility index (Phi) is 3.74. The van der Waals surface area contributed by atoms with Gasteiger partial charge in [0.2, 0.25) is 0 Å². The first-order chi connectivity index (χ1) is 6.74. The van der Waals surface area contributed by atoms with Crippen LogP contribution in [0.5, 0.6) is 0 Å². The van der Waals surface area contributed by atoms with Gasteiger partial charge >= 0.3 is 0 Å². The first-order valence-electron chi connectivity index (χ1n) is 4.44. The van der Waals surface area contributed by atoms with Crippen molar-refractivity contribution in [2.75, 3.05) is 6.54 Å². The number of carbonyl (C=O) groups excluding carboxylic acids is 1. The van der Waals surface area contributed by atoms with Crippen molar-refractivity contribution in [3.8, 4) is 11.8 Å². The molecule has 1 amide bonds.